The van der Waals surface area contributed by atoms with Crippen molar-refractivity contribution in [2.24, 2.45) is 5.73 Å². The van der Waals surface area contributed by atoms with Gasteiger partial charge in [-0.3, -0.25) is 0 Å². The summed E-state index contributed by atoms with van der Waals surface area (Å²) in [5.41, 5.74) is 7.05. The standard InChI is InChI=1S/C13H18ClNO/c1-9(2)7-13(15)10(3)16-12-6-4-5-11(14)8-12/h4-6,8,10,13H,1,7,15H2,2-3H3. The smallest absolute Gasteiger partial charge is 0.121 e. The molecule has 0 fully saturated rings. The molecule has 3 heteroatoms. The first-order chi connectivity index (χ1) is 7.49. The van der Waals surface area contributed by atoms with Gasteiger partial charge in [-0.2, -0.15) is 0 Å². The molecule has 0 saturated carbocycles. The van der Waals surface area contributed by atoms with Crippen LogP contribution < -0.4 is 10.5 Å². The normalized spacial score (nSPS) is 14.2. The molecule has 1 aromatic carbocycles. The van der Waals surface area contributed by atoms with Crippen molar-refractivity contribution in [2.75, 3.05) is 0 Å². The van der Waals surface area contributed by atoms with Gasteiger partial charge in [-0.25, -0.2) is 0 Å². The summed E-state index contributed by atoms with van der Waals surface area (Å²) in [5.74, 6) is 0.747. The fraction of sp³-hybridized carbons (Fsp3) is 0.385. The van der Waals surface area contributed by atoms with Crippen molar-refractivity contribution in [1.29, 1.82) is 0 Å². The zero-order chi connectivity index (χ0) is 12.1. The number of rotatable bonds is 5. The summed E-state index contributed by atoms with van der Waals surface area (Å²) in [4.78, 5) is 0. The molecule has 16 heavy (non-hydrogen) atoms. The highest BCUT2D eigenvalue weighted by atomic mass is 35.5. The van der Waals surface area contributed by atoms with Crippen molar-refractivity contribution < 1.29 is 4.74 Å². The first-order valence-corrected chi connectivity index (χ1v) is 5.69. The van der Waals surface area contributed by atoms with Crippen molar-refractivity contribution in [2.45, 2.75) is 32.4 Å². The van der Waals surface area contributed by atoms with Crippen LogP contribution in [0, 0.1) is 0 Å². The summed E-state index contributed by atoms with van der Waals surface area (Å²) in [6.45, 7) is 7.76. The van der Waals surface area contributed by atoms with E-state index in [-0.39, 0.29) is 12.1 Å². The van der Waals surface area contributed by atoms with E-state index in [4.69, 9.17) is 22.1 Å². The summed E-state index contributed by atoms with van der Waals surface area (Å²) in [5, 5.41) is 0.665. The number of nitrogens with two attached hydrogens (primary N) is 1. The van der Waals surface area contributed by atoms with Gasteiger partial charge in [0.25, 0.3) is 0 Å². The van der Waals surface area contributed by atoms with Gasteiger partial charge in [-0.15, -0.1) is 6.58 Å². The Balaban J connectivity index is 2.56. The largest absolute Gasteiger partial charge is 0.489 e. The topological polar surface area (TPSA) is 35.2 Å². The van der Waals surface area contributed by atoms with Crippen LogP contribution in [0.15, 0.2) is 36.4 Å². The van der Waals surface area contributed by atoms with E-state index in [0.717, 1.165) is 17.7 Å². The number of hydrogen-bond acceptors (Lipinski definition) is 2. The minimum absolute atomic E-state index is 0.0449. The second-order valence-electron chi connectivity index (χ2n) is 4.11. The number of benzene rings is 1. The third-order valence-corrected chi connectivity index (χ3v) is 2.54. The summed E-state index contributed by atoms with van der Waals surface area (Å²) in [6.07, 6.45) is 0.706. The van der Waals surface area contributed by atoms with Crippen LogP contribution >= 0.6 is 11.6 Å². The minimum Gasteiger partial charge on any atom is -0.489 e. The Hall–Kier alpha value is -0.990. The Morgan fingerprint density at radius 2 is 2.25 bits per heavy atom. The summed E-state index contributed by atoms with van der Waals surface area (Å²) >= 11 is 5.87. The molecule has 0 aromatic heterocycles. The monoisotopic (exact) mass is 239 g/mol. The number of hydrogen-bond donors (Lipinski definition) is 1. The number of halogens is 1. The summed E-state index contributed by atoms with van der Waals surface area (Å²) < 4.78 is 5.71. The Bertz CT molecular complexity index is 365. The molecule has 0 aliphatic rings. The quantitative estimate of drug-likeness (QED) is 0.800. The van der Waals surface area contributed by atoms with E-state index in [9.17, 15) is 0 Å². The molecule has 0 heterocycles. The van der Waals surface area contributed by atoms with Crippen LogP contribution in [0.5, 0.6) is 5.75 Å². The molecule has 0 radical (unpaired) electrons. The Labute approximate surface area is 102 Å². The molecule has 2 atom stereocenters. The van der Waals surface area contributed by atoms with Gasteiger partial charge in [0.05, 0.1) is 0 Å². The number of ether oxygens (including phenoxy) is 1. The Kier molecular flexibility index (Phi) is 4.84. The molecule has 0 saturated heterocycles. The van der Waals surface area contributed by atoms with E-state index >= 15 is 0 Å². The molecule has 2 N–H and O–H groups in total. The Morgan fingerprint density at radius 3 is 2.81 bits per heavy atom. The van der Waals surface area contributed by atoms with Crippen LogP contribution in [0.2, 0.25) is 5.02 Å². The molecule has 1 aromatic rings. The lowest BCUT2D eigenvalue weighted by molar-refractivity contribution is 0.189. The lowest BCUT2D eigenvalue weighted by Gasteiger charge is -2.21. The van der Waals surface area contributed by atoms with Gasteiger partial charge in [0, 0.05) is 11.1 Å². The highest BCUT2D eigenvalue weighted by Gasteiger charge is 2.14. The summed E-state index contributed by atoms with van der Waals surface area (Å²) in [7, 11) is 0. The first kappa shape index (κ1) is 13.1. The van der Waals surface area contributed by atoms with E-state index in [2.05, 4.69) is 6.58 Å². The molecule has 0 aliphatic heterocycles. The van der Waals surface area contributed by atoms with Crippen LogP contribution in [0.1, 0.15) is 20.3 Å². The van der Waals surface area contributed by atoms with E-state index in [1.54, 1.807) is 6.07 Å². The van der Waals surface area contributed by atoms with Gasteiger partial charge in [-0.05, 0) is 38.5 Å². The van der Waals surface area contributed by atoms with Crippen LogP contribution in [-0.4, -0.2) is 12.1 Å². The molecule has 88 valence electrons. The molecule has 0 aliphatic carbocycles. The molecule has 0 spiro atoms. The van der Waals surface area contributed by atoms with E-state index in [0.29, 0.717) is 5.02 Å². The van der Waals surface area contributed by atoms with Gasteiger partial charge in [0.2, 0.25) is 0 Å². The van der Waals surface area contributed by atoms with Crippen LogP contribution in [0.3, 0.4) is 0 Å². The average Bonchev–Trinajstić information content (AvgIpc) is 2.16. The lowest BCUT2D eigenvalue weighted by atomic mass is 10.1. The molecule has 2 nitrogen and oxygen atoms in total. The van der Waals surface area contributed by atoms with Gasteiger partial charge in [0.1, 0.15) is 11.9 Å². The maximum atomic E-state index is 5.99. The molecule has 2 unspecified atom stereocenters. The summed E-state index contributed by atoms with van der Waals surface area (Å²) in [6, 6.07) is 7.28. The molecule has 1 rings (SSSR count). The van der Waals surface area contributed by atoms with E-state index in [1.165, 1.54) is 0 Å². The SMILES string of the molecule is C=C(C)CC(N)C(C)Oc1cccc(Cl)c1. The predicted octanol–water partition coefficient (Wildman–Crippen LogP) is 3.40. The molecular weight excluding hydrogens is 222 g/mol. The maximum absolute atomic E-state index is 5.99. The third-order valence-electron chi connectivity index (χ3n) is 2.31. The van der Waals surface area contributed by atoms with Crippen molar-refractivity contribution in [1.82, 2.24) is 0 Å². The molecular formula is C13H18ClNO. The predicted molar refractivity (Wildman–Crippen MR) is 68.9 cm³/mol. The first-order valence-electron chi connectivity index (χ1n) is 5.31. The lowest BCUT2D eigenvalue weighted by Crippen LogP contribution is -2.36. The second-order valence-corrected chi connectivity index (χ2v) is 4.54. The van der Waals surface area contributed by atoms with Crippen LogP contribution in [0.25, 0.3) is 0 Å². The zero-order valence-corrected chi connectivity index (χ0v) is 10.5. The van der Waals surface area contributed by atoms with E-state index < -0.39 is 0 Å². The van der Waals surface area contributed by atoms with Crippen molar-refractivity contribution in [3.05, 3.63) is 41.4 Å². The molecule has 0 amide bonds. The maximum Gasteiger partial charge on any atom is 0.121 e. The Morgan fingerprint density at radius 1 is 1.56 bits per heavy atom. The van der Waals surface area contributed by atoms with Gasteiger partial charge < -0.3 is 10.5 Å². The van der Waals surface area contributed by atoms with Crippen molar-refractivity contribution in [3.8, 4) is 5.75 Å². The van der Waals surface area contributed by atoms with Crippen LogP contribution in [-0.2, 0) is 0 Å². The van der Waals surface area contributed by atoms with Gasteiger partial charge in [0.15, 0.2) is 0 Å². The average molecular weight is 240 g/mol. The molecule has 0 bridgehead atoms. The highest BCUT2D eigenvalue weighted by molar-refractivity contribution is 6.30. The van der Waals surface area contributed by atoms with Crippen molar-refractivity contribution >= 4 is 11.6 Å². The van der Waals surface area contributed by atoms with Crippen LogP contribution in [0.4, 0.5) is 0 Å². The fourth-order valence-corrected chi connectivity index (χ4v) is 1.59. The van der Waals surface area contributed by atoms with Gasteiger partial charge >= 0.3 is 0 Å². The zero-order valence-electron chi connectivity index (χ0n) is 9.74. The second kappa shape index (κ2) is 5.92. The van der Waals surface area contributed by atoms with E-state index in [1.807, 2.05) is 32.0 Å². The minimum atomic E-state index is -0.0600. The third kappa shape index (κ3) is 4.25. The van der Waals surface area contributed by atoms with Crippen molar-refractivity contribution in [3.63, 3.8) is 0 Å². The fourth-order valence-electron chi connectivity index (χ4n) is 1.41. The highest BCUT2D eigenvalue weighted by Crippen LogP contribution is 2.19. The van der Waals surface area contributed by atoms with Gasteiger partial charge in [-0.1, -0.05) is 23.2 Å².